The second-order valence-electron chi connectivity index (χ2n) is 15.9. The van der Waals surface area contributed by atoms with Gasteiger partial charge in [0.2, 0.25) is 0 Å². The minimum absolute atomic E-state index is 0.0974. The van der Waals surface area contributed by atoms with E-state index in [9.17, 15) is 19.5 Å². The summed E-state index contributed by atoms with van der Waals surface area (Å²) < 4.78 is 47.5. The molecule has 16 heteroatoms. The van der Waals surface area contributed by atoms with Crippen molar-refractivity contribution < 1.29 is 47.6 Å². The van der Waals surface area contributed by atoms with Gasteiger partial charge in [0.1, 0.15) is 12.2 Å². The molecule has 52 heavy (non-hydrogen) atoms. The van der Waals surface area contributed by atoms with Gasteiger partial charge in [0.25, 0.3) is 5.67 Å². The van der Waals surface area contributed by atoms with Crippen LogP contribution in [0.1, 0.15) is 87.5 Å². The fourth-order valence-corrected chi connectivity index (χ4v) is 8.54. The van der Waals surface area contributed by atoms with Gasteiger partial charge in [-0.2, -0.15) is 0 Å². The molecule has 0 aromatic carbocycles. The fourth-order valence-electron chi connectivity index (χ4n) is 8.54. The Kier molecular flexibility index (Phi) is 14.9. The molecule has 0 spiro atoms. The Morgan fingerprint density at radius 3 is 2.37 bits per heavy atom. The van der Waals surface area contributed by atoms with Gasteiger partial charge in [0, 0.05) is 49.7 Å². The van der Waals surface area contributed by atoms with E-state index in [0.29, 0.717) is 32.2 Å². The Morgan fingerprint density at radius 2 is 1.79 bits per heavy atom. The number of carbonyl (C=O) groups excluding carboxylic acids is 3. The summed E-state index contributed by atoms with van der Waals surface area (Å²) in [5, 5.41) is 15.0. The number of rotatable bonds is 10. The van der Waals surface area contributed by atoms with Crippen molar-refractivity contribution in [3.05, 3.63) is 10.4 Å². The zero-order chi connectivity index (χ0) is 39.3. The van der Waals surface area contributed by atoms with Crippen molar-refractivity contribution in [1.82, 2.24) is 14.7 Å². The molecule has 3 saturated heterocycles. The van der Waals surface area contributed by atoms with Crippen LogP contribution in [-0.2, 0) is 33.3 Å². The molecule has 3 rings (SSSR count). The van der Waals surface area contributed by atoms with E-state index in [2.05, 4.69) is 14.9 Å². The number of Topliss-reactive ketones (excluding diaryl/α,β-unsaturated/α-hetero) is 1. The molecule has 1 N–H and O–H groups in total. The van der Waals surface area contributed by atoms with Crippen LogP contribution in [0.15, 0.2) is 5.11 Å². The lowest BCUT2D eigenvalue weighted by Crippen LogP contribution is -2.61. The molecule has 0 aliphatic carbocycles. The van der Waals surface area contributed by atoms with Crippen LogP contribution in [0.5, 0.6) is 0 Å². The maximum atomic E-state index is 16.8. The Morgan fingerprint density at radius 1 is 1.13 bits per heavy atom. The first-order chi connectivity index (χ1) is 24.2. The SMILES string of the molecule is CC[C@H]1OC(=O)[C@](C)(F)C(=O)[C@H](C)[C@@H](O[C@@H]2O[C@H](C)CC(N(C)C)[C@H]2O)[C@](C)(OC)C[C@@H](C)CN(C)[C@H](C)[C@H]2N(CCCCN=[N+]=[N-])C(=O)O[C@]12C. The maximum absolute atomic E-state index is 16.8. The minimum Gasteiger partial charge on any atom is -0.455 e. The van der Waals surface area contributed by atoms with Crippen molar-refractivity contribution in [2.24, 2.45) is 17.0 Å². The second-order valence-corrected chi connectivity index (χ2v) is 15.9. The lowest BCUT2D eigenvalue weighted by atomic mass is 9.77. The number of methoxy groups -OCH3 is 1. The number of halogens is 1. The van der Waals surface area contributed by atoms with Gasteiger partial charge in [-0.25, -0.2) is 14.0 Å². The highest BCUT2D eigenvalue weighted by molar-refractivity contribution is 6.07. The monoisotopic (exact) mass is 742 g/mol. The molecule has 15 nitrogen and oxygen atoms in total. The molecule has 3 aliphatic rings. The highest BCUT2D eigenvalue weighted by Crippen LogP contribution is 2.42. The number of alkyl halides is 1. The quantitative estimate of drug-likeness (QED) is 0.0834. The number of ketones is 1. The lowest BCUT2D eigenvalue weighted by molar-refractivity contribution is -0.295. The first-order valence-corrected chi connectivity index (χ1v) is 18.6. The summed E-state index contributed by atoms with van der Waals surface area (Å²) in [4.78, 5) is 50.0. The number of aliphatic hydroxyl groups excluding tert-OH is 1. The number of ether oxygens (including phenoxy) is 5. The molecule has 0 bridgehead atoms. The van der Waals surface area contributed by atoms with Crippen molar-refractivity contribution in [1.29, 1.82) is 0 Å². The molecular weight excluding hydrogens is 679 g/mol. The molecule has 3 fully saturated rings. The first-order valence-electron chi connectivity index (χ1n) is 18.6. The number of hydrogen-bond acceptors (Lipinski definition) is 12. The molecule has 0 aromatic rings. The molecule has 1 unspecified atom stereocenters. The number of hydrogen-bond donors (Lipinski definition) is 1. The third-order valence-electron chi connectivity index (χ3n) is 11.5. The van der Waals surface area contributed by atoms with Gasteiger partial charge in [-0.15, -0.1) is 0 Å². The van der Waals surface area contributed by atoms with Crippen molar-refractivity contribution in [3.63, 3.8) is 0 Å². The molecule has 0 radical (unpaired) electrons. The van der Waals surface area contributed by atoms with Crippen LogP contribution in [0.25, 0.3) is 10.4 Å². The summed E-state index contributed by atoms with van der Waals surface area (Å²) in [6, 6.07) is -1.29. The van der Waals surface area contributed by atoms with Gasteiger partial charge >= 0.3 is 12.1 Å². The van der Waals surface area contributed by atoms with E-state index in [1.54, 1.807) is 25.7 Å². The average Bonchev–Trinajstić information content (AvgIpc) is 3.34. The fraction of sp³-hybridized carbons (Fsp3) is 0.917. The topological polar surface area (TPSA) is 176 Å². The lowest BCUT2D eigenvalue weighted by Gasteiger charge is -2.47. The van der Waals surface area contributed by atoms with Crippen LogP contribution in [0, 0.1) is 11.8 Å². The minimum atomic E-state index is -3.13. The zero-order valence-corrected chi connectivity index (χ0v) is 33.2. The van der Waals surface area contributed by atoms with Crippen LogP contribution in [0.3, 0.4) is 0 Å². The molecule has 13 atom stereocenters. The summed E-state index contributed by atoms with van der Waals surface area (Å²) in [6.07, 6.45) is -3.28. The van der Waals surface area contributed by atoms with Gasteiger partial charge in [-0.3, -0.25) is 9.69 Å². The molecule has 3 aliphatic heterocycles. The van der Waals surface area contributed by atoms with Crippen molar-refractivity contribution in [3.8, 4) is 0 Å². The molecule has 0 aromatic heterocycles. The van der Waals surface area contributed by atoms with Gasteiger partial charge in [-0.05, 0) is 99.3 Å². The normalized spacial score (nSPS) is 41.4. The van der Waals surface area contributed by atoms with Crippen LogP contribution in [-0.4, -0.2) is 151 Å². The zero-order valence-electron chi connectivity index (χ0n) is 33.2. The van der Waals surface area contributed by atoms with E-state index < -0.39 is 71.3 Å². The number of unbranched alkanes of at least 4 members (excludes halogenated alkanes) is 1. The summed E-state index contributed by atoms with van der Waals surface area (Å²) in [5.74, 6) is -3.85. The number of cyclic esters (lactones) is 1. The molecule has 298 valence electrons. The number of carbonyl (C=O) groups is 3. The van der Waals surface area contributed by atoms with E-state index in [1.807, 2.05) is 46.8 Å². The van der Waals surface area contributed by atoms with Crippen molar-refractivity contribution in [2.75, 3.05) is 47.9 Å². The Labute approximate surface area is 308 Å². The number of aliphatic hydroxyl groups is 1. The van der Waals surface area contributed by atoms with Gasteiger partial charge in [0.15, 0.2) is 17.7 Å². The average molecular weight is 743 g/mol. The Bertz CT molecular complexity index is 1300. The summed E-state index contributed by atoms with van der Waals surface area (Å²) in [5.41, 5.74) is 2.92. The standard InChI is InChI=1S/C36H63FN6O9/c1-13-26-36(8)28(43(33(47)52-36)17-15-14-16-39-40-38)24(5)42(11)20-21(2)19-34(6,48-12)30(23(4)29(45)35(7,37)32(46)50-26)51-31-27(44)25(41(9)10)18-22(3)49-31/h21-28,30-31,44H,13-20H2,1-12H3/t21-,22-,23+,24-,25?,26-,27-,28-,30-,31+,34-,35-,36-/m1/s1. The van der Waals surface area contributed by atoms with Crippen LogP contribution >= 0.6 is 0 Å². The number of amides is 1. The van der Waals surface area contributed by atoms with Crippen molar-refractivity contribution >= 4 is 17.8 Å². The molecule has 3 heterocycles. The van der Waals surface area contributed by atoms with E-state index in [-0.39, 0.29) is 43.6 Å². The summed E-state index contributed by atoms with van der Waals surface area (Å²) >= 11 is 0. The molecular formula is C36H63FN6O9. The highest BCUT2D eigenvalue weighted by atomic mass is 19.1. The first kappa shape index (κ1) is 43.8. The summed E-state index contributed by atoms with van der Waals surface area (Å²) in [6.45, 7) is 14.5. The van der Waals surface area contributed by atoms with E-state index >= 15 is 4.39 Å². The van der Waals surface area contributed by atoms with Gasteiger partial charge < -0.3 is 38.6 Å². The summed E-state index contributed by atoms with van der Waals surface area (Å²) in [7, 11) is 7.13. The third kappa shape index (κ3) is 9.19. The Balaban J connectivity index is 2.11. The number of likely N-dealkylation sites (N-methyl/N-ethyl adjacent to an activating group) is 2. The van der Waals surface area contributed by atoms with E-state index in [0.717, 1.165) is 6.92 Å². The van der Waals surface area contributed by atoms with E-state index in [1.165, 1.54) is 14.0 Å². The van der Waals surface area contributed by atoms with Gasteiger partial charge in [-0.1, -0.05) is 25.9 Å². The maximum Gasteiger partial charge on any atom is 0.410 e. The predicted molar refractivity (Wildman–Crippen MR) is 191 cm³/mol. The molecule has 0 saturated carbocycles. The van der Waals surface area contributed by atoms with Crippen molar-refractivity contribution in [2.45, 2.75) is 153 Å². The Hall–Kier alpha value is -2.59. The number of esters is 1. The van der Waals surface area contributed by atoms with Gasteiger partial charge in [0.05, 0.1) is 23.9 Å². The number of nitrogens with zero attached hydrogens (tertiary/aromatic N) is 6. The van der Waals surface area contributed by atoms with Crippen LogP contribution < -0.4 is 0 Å². The number of azide groups is 1. The largest absolute Gasteiger partial charge is 0.455 e. The molecule has 1 amide bonds. The second kappa shape index (κ2) is 17.7. The predicted octanol–water partition coefficient (Wildman–Crippen LogP) is 4.49. The van der Waals surface area contributed by atoms with E-state index in [4.69, 9.17) is 29.2 Å². The smallest absolute Gasteiger partial charge is 0.410 e. The third-order valence-corrected chi connectivity index (χ3v) is 11.5. The number of fused-ring (bicyclic) bond motifs is 1. The highest BCUT2D eigenvalue weighted by Gasteiger charge is 2.60. The van der Waals surface area contributed by atoms with Crippen LogP contribution in [0.4, 0.5) is 9.18 Å². The van der Waals surface area contributed by atoms with Crippen LogP contribution in [0.2, 0.25) is 0 Å².